The standard InChI is InChI=1S/C17H23N2O5P.CH4O/c1-19(10-9-16(21)18-13-20)17-8-7-15(24-17)12-23-25-22-11-14-5-3-2-4-6-14;1-2/h2-6,9-10,13,15,17,25H,7-8,11-12H2,1H3,(H,18,20,21);2H,1H3/b10-9-;. The predicted molar refractivity (Wildman–Crippen MR) is 103 cm³/mol. The van der Waals surface area contributed by atoms with Gasteiger partial charge in [-0.3, -0.25) is 14.9 Å². The highest BCUT2D eigenvalue weighted by Crippen LogP contribution is 2.25. The first kappa shape index (κ1) is 23.2. The zero-order chi connectivity index (χ0) is 19.9. The molecule has 0 bridgehead atoms. The normalized spacial score (nSPS) is 19.1. The third kappa shape index (κ3) is 9.60. The Balaban J connectivity index is 0.00000176. The van der Waals surface area contributed by atoms with Crippen LogP contribution in [0.5, 0.6) is 0 Å². The topological polar surface area (TPSA) is 97.3 Å². The van der Waals surface area contributed by atoms with E-state index in [1.54, 1.807) is 11.1 Å². The van der Waals surface area contributed by atoms with Crippen molar-refractivity contribution >= 4 is 21.4 Å². The molecular formula is C18H27N2O6P. The van der Waals surface area contributed by atoms with E-state index in [0.29, 0.717) is 19.6 Å². The fourth-order valence-corrected chi connectivity index (χ4v) is 2.91. The summed E-state index contributed by atoms with van der Waals surface area (Å²) in [7, 11) is 2.80. The molecule has 1 aliphatic heterocycles. The molecule has 0 spiro atoms. The SMILES string of the molecule is CN(/C=C\C(=O)NC=O)C1CCC(COPOCc2ccccc2)O1.CO. The summed E-state index contributed by atoms with van der Waals surface area (Å²) >= 11 is 0. The number of benzene rings is 1. The molecule has 2 amide bonds. The van der Waals surface area contributed by atoms with E-state index in [0.717, 1.165) is 25.5 Å². The second-order valence-corrected chi connectivity index (χ2v) is 6.31. The summed E-state index contributed by atoms with van der Waals surface area (Å²) in [4.78, 5) is 23.2. The Labute approximate surface area is 161 Å². The lowest BCUT2D eigenvalue weighted by Gasteiger charge is -2.22. The minimum atomic E-state index is -0.462. The molecule has 0 saturated carbocycles. The molecule has 0 aromatic heterocycles. The largest absolute Gasteiger partial charge is 0.400 e. The van der Waals surface area contributed by atoms with Crippen LogP contribution in [0.15, 0.2) is 42.6 Å². The second kappa shape index (κ2) is 14.3. The van der Waals surface area contributed by atoms with Gasteiger partial charge in [0.2, 0.25) is 6.41 Å². The van der Waals surface area contributed by atoms with Crippen LogP contribution >= 0.6 is 9.03 Å². The van der Waals surface area contributed by atoms with Gasteiger partial charge in [-0.05, 0) is 18.4 Å². The number of aliphatic hydroxyl groups excluding tert-OH is 1. The monoisotopic (exact) mass is 398 g/mol. The summed E-state index contributed by atoms with van der Waals surface area (Å²) in [6.45, 7) is 1.01. The average molecular weight is 398 g/mol. The second-order valence-electron chi connectivity index (χ2n) is 5.57. The summed E-state index contributed by atoms with van der Waals surface area (Å²) in [6.07, 6.45) is 4.87. The Kier molecular flexibility index (Phi) is 12.3. The highest BCUT2D eigenvalue weighted by Gasteiger charge is 2.27. The molecule has 150 valence electrons. The fourth-order valence-electron chi connectivity index (χ4n) is 2.35. The van der Waals surface area contributed by atoms with Crippen LogP contribution in [0.3, 0.4) is 0 Å². The molecule has 27 heavy (non-hydrogen) atoms. The minimum absolute atomic E-state index is 0.0116. The van der Waals surface area contributed by atoms with E-state index in [-0.39, 0.29) is 21.4 Å². The van der Waals surface area contributed by atoms with E-state index in [9.17, 15) is 9.59 Å². The van der Waals surface area contributed by atoms with Gasteiger partial charge in [0.15, 0.2) is 9.03 Å². The third-order valence-electron chi connectivity index (χ3n) is 3.67. The first-order chi connectivity index (χ1) is 13.2. The zero-order valence-electron chi connectivity index (χ0n) is 15.5. The molecule has 2 rings (SSSR count). The van der Waals surface area contributed by atoms with E-state index in [1.165, 1.54) is 6.08 Å². The van der Waals surface area contributed by atoms with Crippen molar-refractivity contribution in [3.8, 4) is 0 Å². The Morgan fingerprint density at radius 1 is 1.33 bits per heavy atom. The lowest BCUT2D eigenvalue weighted by atomic mass is 10.2. The first-order valence-corrected chi connectivity index (χ1v) is 9.27. The maximum atomic E-state index is 11.2. The molecule has 1 fully saturated rings. The molecular weight excluding hydrogens is 371 g/mol. The van der Waals surface area contributed by atoms with E-state index in [4.69, 9.17) is 18.9 Å². The zero-order valence-corrected chi connectivity index (χ0v) is 16.5. The van der Waals surface area contributed by atoms with Crippen molar-refractivity contribution in [1.82, 2.24) is 10.2 Å². The van der Waals surface area contributed by atoms with E-state index >= 15 is 0 Å². The quantitative estimate of drug-likeness (QED) is 0.267. The van der Waals surface area contributed by atoms with E-state index in [2.05, 4.69) is 0 Å². The van der Waals surface area contributed by atoms with Gasteiger partial charge in [-0.25, -0.2) is 0 Å². The lowest BCUT2D eigenvalue weighted by Crippen LogP contribution is -2.29. The maximum Gasteiger partial charge on any atom is 0.251 e. The molecule has 0 radical (unpaired) electrons. The molecule has 0 aliphatic carbocycles. The Morgan fingerprint density at radius 2 is 2.07 bits per heavy atom. The highest BCUT2D eigenvalue weighted by atomic mass is 31.1. The molecule has 3 unspecified atom stereocenters. The molecule has 1 heterocycles. The summed E-state index contributed by atoms with van der Waals surface area (Å²) in [5, 5.41) is 9.05. The van der Waals surface area contributed by atoms with Gasteiger partial charge in [0.25, 0.3) is 5.91 Å². The number of carbonyl (C=O) groups excluding carboxylic acids is 2. The Bertz CT molecular complexity index is 572. The number of nitrogens with zero attached hydrogens (tertiary/aromatic N) is 1. The van der Waals surface area contributed by atoms with Gasteiger partial charge in [-0.1, -0.05) is 30.3 Å². The predicted octanol–water partition coefficient (Wildman–Crippen LogP) is 1.56. The van der Waals surface area contributed by atoms with Gasteiger partial charge in [-0.2, -0.15) is 0 Å². The van der Waals surface area contributed by atoms with Gasteiger partial charge in [-0.15, -0.1) is 0 Å². The van der Waals surface area contributed by atoms with Crippen LogP contribution in [0.4, 0.5) is 0 Å². The molecule has 1 saturated heterocycles. The van der Waals surface area contributed by atoms with E-state index in [1.807, 2.05) is 42.7 Å². The van der Waals surface area contributed by atoms with Crippen LogP contribution in [-0.4, -0.2) is 55.4 Å². The minimum Gasteiger partial charge on any atom is -0.400 e. The number of hydrogen-bond donors (Lipinski definition) is 2. The van der Waals surface area contributed by atoms with Crippen molar-refractivity contribution < 1.29 is 28.5 Å². The van der Waals surface area contributed by atoms with Crippen molar-refractivity contribution in [3.05, 3.63) is 48.2 Å². The molecule has 3 atom stereocenters. The fraction of sp³-hybridized carbons (Fsp3) is 0.444. The van der Waals surface area contributed by atoms with Gasteiger partial charge in [0.1, 0.15) is 6.23 Å². The van der Waals surface area contributed by atoms with Crippen LogP contribution in [0.25, 0.3) is 0 Å². The summed E-state index contributed by atoms with van der Waals surface area (Å²) in [5.41, 5.74) is 1.11. The lowest BCUT2D eigenvalue weighted by molar-refractivity contribution is -0.121. The van der Waals surface area contributed by atoms with Crippen molar-refractivity contribution in [3.63, 3.8) is 0 Å². The van der Waals surface area contributed by atoms with Crippen LogP contribution in [0, 0.1) is 0 Å². The molecule has 1 aromatic rings. The van der Waals surface area contributed by atoms with E-state index < -0.39 is 5.91 Å². The maximum absolute atomic E-state index is 11.2. The average Bonchev–Trinajstić information content (AvgIpc) is 3.17. The number of rotatable bonds is 10. The van der Waals surface area contributed by atoms with Gasteiger partial charge in [0.05, 0.1) is 19.3 Å². The van der Waals surface area contributed by atoms with Crippen LogP contribution < -0.4 is 5.32 Å². The highest BCUT2D eigenvalue weighted by molar-refractivity contribution is 7.26. The van der Waals surface area contributed by atoms with Crippen molar-refractivity contribution in [1.29, 1.82) is 0 Å². The first-order valence-electron chi connectivity index (χ1n) is 8.46. The van der Waals surface area contributed by atoms with Crippen molar-refractivity contribution in [2.45, 2.75) is 31.8 Å². The summed E-state index contributed by atoms with van der Waals surface area (Å²) < 4.78 is 16.9. The molecule has 2 N–H and O–H groups in total. The van der Waals surface area contributed by atoms with Crippen molar-refractivity contribution in [2.24, 2.45) is 0 Å². The number of imide groups is 1. The smallest absolute Gasteiger partial charge is 0.251 e. The molecule has 1 aromatic carbocycles. The number of aliphatic hydroxyl groups is 1. The number of carbonyl (C=O) groups is 2. The summed E-state index contributed by atoms with van der Waals surface area (Å²) in [5.74, 6) is -0.462. The van der Waals surface area contributed by atoms with Gasteiger partial charge >= 0.3 is 0 Å². The molecule has 9 heteroatoms. The van der Waals surface area contributed by atoms with Gasteiger partial charge in [0, 0.05) is 26.4 Å². The Hall–Kier alpha value is -1.83. The molecule has 8 nitrogen and oxygen atoms in total. The number of amides is 2. The van der Waals surface area contributed by atoms with Crippen LogP contribution in [-0.2, 0) is 30.0 Å². The van der Waals surface area contributed by atoms with Crippen molar-refractivity contribution in [2.75, 3.05) is 20.8 Å². The number of hydrogen-bond acceptors (Lipinski definition) is 7. The molecule has 1 aliphatic rings. The summed E-state index contributed by atoms with van der Waals surface area (Å²) in [6, 6.07) is 9.93. The van der Waals surface area contributed by atoms with Gasteiger partial charge < -0.3 is 23.8 Å². The Morgan fingerprint density at radius 3 is 2.78 bits per heavy atom. The van der Waals surface area contributed by atoms with Crippen LogP contribution in [0.2, 0.25) is 0 Å². The number of nitrogens with one attached hydrogen (secondary N) is 1. The number of ether oxygens (including phenoxy) is 1. The van der Waals surface area contributed by atoms with Crippen LogP contribution in [0.1, 0.15) is 18.4 Å². The third-order valence-corrected chi connectivity index (χ3v) is 4.22.